The number of ether oxygens (including phenoxy) is 3. The molecule has 0 saturated carbocycles. The maximum absolute atomic E-state index is 6.13. The van der Waals surface area contributed by atoms with E-state index in [1.54, 1.807) is 27.5 Å². The molecular weight excluding hydrogens is 532 g/mol. The zero-order valence-corrected chi connectivity index (χ0v) is 24.2. The number of hydrogen-bond donors (Lipinski definition) is 1. The van der Waals surface area contributed by atoms with Crippen molar-refractivity contribution < 1.29 is 14.2 Å². The quantitative estimate of drug-likeness (QED) is 0.139. The van der Waals surface area contributed by atoms with Gasteiger partial charge in [-0.05, 0) is 52.9 Å². The van der Waals surface area contributed by atoms with Gasteiger partial charge in [-0.2, -0.15) is 0 Å². The number of methoxy groups -OCH3 is 2. The predicted octanol–water partition coefficient (Wildman–Crippen LogP) is 6.92. The van der Waals surface area contributed by atoms with Crippen LogP contribution in [-0.4, -0.2) is 43.7 Å². The molecule has 0 fully saturated rings. The van der Waals surface area contributed by atoms with Crippen LogP contribution in [0.25, 0.3) is 10.7 Å². The van der Waals surface area contributed by atoms with Gasteiger partial charge in [0.1, 0.15) is 40.4 Å². The average Bonchev–Trinajstić information content (AvgIpc) is 3.56. The second-order valence-electron chi connectivity index (χ2n) is 9.28. The summed E-state index contributed by atoms with van der Waals surface area (Å²) in [5, 5.41) is 6.28. The Labute approximate surface area is 244 Å². The van der Waals surface area contributed by atoms with Crippen molar-refractivity contribution in [1.82, 2.24) is 9.97 Å². The highest BCUT2D eigenvalue weighted by atomic mass is 32.1. The molecule has 0 aliphatic rings. The first kappa shape index (κ1) is 27.9. The summed E-state index contributed by atoms with van der Waals surface area (Å²) in [6, 6.07) is 26.5. The summed E-state index contributed by atoms with van der Waals surface area (Å²) >= 11 is 1.54. The van der Waals surface area contributed by atoms with Crippen LogP contribution >= 0.6 is 11.3 Å². The molecule has 2 aromatic heterocycles. The Hall–Kier alpha value is -4.69. The maximum atomic E-state index is 6.13. The van der Waals surface area contributed by atoms with Gasteiger partial charge in [0.25, 0.3) is 0 Å². The lowest BCUT2D eigenvalue weighted by atomic mass is 10.0. The summed E-state index contributed by atoms with van der Waals surface area (Å²) in [6.45, 7) is 0.270. The number of anilines is 1. The van der Waals surface area contributed by atoms with Gasteiger partial charge in [-0.1, -0.05) is 48.5 Å². The lowest BCUT2D eigenvalue weighted by molar-refractivity contribution is 0.376. The number of aromatic nitrogens is 2. The third kappa shape index (κ3) is 7.10. The molecule has 5 rings (SSSR count). The lowest BCUT2D eigenvalue weighted by Crippen LogP contribution is -2.22. The normalized spacial score (nSPS) is 11.2. The number of thiazole rings is 1. The number of aliphatic imine (C=N–C) groups is 1. The largest absolute Gasteiger partial charge is 0.497 e. The van der Waals surface area contributed by atoms with Crippen LogP contribution in [0.3, 0.4) is 0 Å². The number of pyridine rings is 1. The van der Waals surface area contributed by atoms with E-state index < -0.39 is 0 Å². The fourth-order valence-electron chi connectivity index (χ4n) is 4.48. The van der Waals surface area contributed by atoms with Gasteiger partial charge >= 0.3 is 0 Å². The van der Waals surface area contributed by atoms with Crippen LogP contribution in [0.15, 0.2) is 102 Å². The van der Waals surface area contributed by atoms with Gasteiger partial charge in [0.15, 0.2) is 0 Å². The van der Waals surface area contributed by atoms with E-state index in [1.165, 1.54) is 22.5 Å². The van der Waals surface area contributed by atoms with Crippen LogP contribution in [0, 0.1) is 0 Å². The van der Waals surface area contributed by atoms with Crippen LogP contribution in [0.5, 0.6) is 17.2 Å². The van der Waals surface area contributed by atoms with Crippen molar-refractivity contribution in [2.24, 2.45) is 4.99 Å². The van der Waals surface area contributed by atoms with Gasteiger partial charge in [0.2, 0.25) is 0 Å². The van der Waals surface area contributed by atoms with Crippen LogP contribution < -0.4 is 19.5 Å². The fraction of sp³-hybridized carbons (Fsp3) is 0.182. The number of benzene rings is 3. The monoisotopic (exact) mass is 564 g/mol. The second-order valence-corrected chi connectivity index (χ2v) is 10.2. The minimum Gasteiger partial charge on any atom is -0.497 e. The summed E-state index contributed by atoms with van der Waals surface area (Å²) in [5.74, 6) is 2.95. The highest BCUT2D eigenvalue weighted by Crippen LogP contribution is 2.34. The van der Waals surface area contributed by atoms with E-state index >= 15 is 0 Å². The topological polar surface area (TPSA) is 77.9 Å². The highest BCUT2D eigenvalue weighted by Gasteiger charge is 2.18. The van der Waals surface area contributed by atoms with E-state index in [-0.39, 0.29) is 6.61 Å². The molecule has 0 bridgehead atoms. The molecule has 0 saturated heterocycles. The Morgan fingerprint density at radius 2 is 1.59 bits per heavy atom. The molecule has 7 nitrogen and oxygen atoms in total. The zero-order chi connectivity index (χ0) is 28.4. The maximum Gasteiger partial charge on any atom is 0.145 e. The Morgan fingerprint density at radius 3 is 2.29 bits per heavy atom. The first-order valence-electron chi connectivity index (χ1n) is 13.2. The van der Waals surface area contributed by atoms with Crippen molar-refractivity contribution in [1.29, 1.82) is 0 Å². The van der Waals surface area contributed by atoms with Crippen molar-refractivity contribution in [3.63, 3.8) is 0 Å². The van der Waals surface area contributed by atoms with E-state index in [2.05, 4.69) is 56.7 Å². The molecule has 0 spiro atoms. The summed E-state index contributed by atoms with van der Waals surface area (Å²) < 4.78 is 17.2. The number of nitrogens with one attached hydrogen (secondary N) is 1. The standard InChI is InChI=1S/C33H32N4O3S/c1-34-30(22-40-27-12-9-24(10-13-27)19-23-7-5-4-6-8-23)37-31-26(15-16-35-32(31)33-36-17-18-41-33)20-25-11-14-28(38-2)21-29(25)39-3/h4-18,21H,19-20,22H2,1-3H3,(H,34,37). The molecule has 5 aromatic rings. The van der Waals surface area contributed by atoms with E-state index in [0.29, 0.717) is 12.3 Å². The number of rotatable bonds is 11. The van der Waals surface area contributed by atoms with E-state index in [9.17, 15) is 0 Å². The Bertz CT molecular complexity index is 1590. The predicted molar refractivity (Wildman–Crippen MR) is 166 cm³/mol. The Morgan fingerprint density at radius 1 is 0.805 bits per heavy atom. The average molecular weight is 565 g/mol. The molecule has 41 heavy (non-hydrogen) atoms. The van der Waals surface area contributed by atoms with Crippen molar-refractivity contribution in [3.8, 4) is 28.0 Å². The molecule has 2 heterocycles. The van der Waals surface area contributed by atoms with Crippen LogP contribution in [-0.2, 0) is 12.8 Å². The number of amidine groups is 1. The Balaban J connectivity index is 1.35. The molecule has 3 aromatic carbocycles. The first-order chi connectivity index (χ1) is 20.2. The van der Waals surface area contributed by atoms with Crippen LogP contribution in [0.4, 0.5) is 5.69 Å². The van der Waals surface area contributed by atoms with Gasteiger partial charge in [-0.15, -0.1) is 11.3 Å². The number of nitrogens with zero attached hydrogens (tertiary/aromatic N) is 3. The molecule has 8 heteroatoms. The highest BCUT2D eigenvalue weighted by molar-refractivity contribution is 7.13. The first-order valence-corrected chi connectivity index (χ1v) is 14.1. The van der Waals surface area contributed by atoms with Gasteiger partial charge in [-0.3, -0.25) is 9.98 Å². The van der Waals surface area contributed by atoms with E-state index in [1.807, 2.05) is 54.0 Å². The Kier molecular flexibility index (Phi) is 9.23. The smallest absolute Gasteiger partial charge is 0.145 e. The van der Waals surface area contributed by atoms with Gasteiger partial charge in [-0.25, -0.2) is 4.98 Å². The van der Waals surface area contributed by atoms with E-state index in [0.717, 1.165) is 51.2 Å². The zero-order valence-electron chi connectivity index (χ0n) is 23.3. The van der Waals surface area contributed by atoms with E-state index in [4.69, 9.17) is 14.2 Å². The number of hydrogen-bond acceptors (Lipinski definition) is 7. The summed E-state index contributed by atoms with van der Waals surface area (Å²) in [6.07, 6.45) is 5.08. The molecule has 0 aliphatic carbocycles. The molecule has 0 aliphatic heterocycles. The summed E-state index contributed by atoms with van der Waals surface area (Å²) in [4.78, 5) is 13.7. The van der Waals surface area contributed by atoms with Crippen LogP contribution in [0.2, 0.25) is 0 Å². The minimum absolute atomic E-state index is 0.270. The molecule has 0 amide bonds. The molecule has 1 N–H and O–H groups in total. The minimum atomic E-state index is 0.270. The molecule has 0 atom stereocenters. The summed E-state index contributed by atoms with van der Waals surface area (Å²) in [5.41, 5.74) is 6.16. The van der Waals surface area contributed by atoms with Gasteiger partial charge in [0, 0.05) is 37.3 Å². The second kappa shape index (κ2) is 13.6. The van der Waals surface area contributed by atoms with Crippen molar-refractivity contribution in [2.45, 2.75) is 12.8 Å². The SMILES string of the molecule is CN=C(COc1ccc(Cc2ccccc2)cc1)Nc1c(Cc2ccc(OC)cc2OC)ccnc1-c1nccs1. The molecular formula is C33H32N4O3S. The van der Waals surface area contributed by atoms with Crippen molar-refractivity contribution in [2.75, 3.05) is 33.2 Å². The van der Waals surface area contributed by atoms with Crippen LogP contribution in [0.1, 0.15) is 22.3 Å². The van der Waals surface area contributed by atoms with Crippen molar-refractivity contribution >= 4 is 22.9 Å². The molecule has 0 radical (unpaired) electrons. The van der Waals surface area contributed by atoms with Crippen molar-refractivity contribution in [3.05, 3.63) is 119 Å². The van der Waals surface area contributed by atoms with Gasteiger partial charge < -0.3 is 19.5 Å². The molecule has 0 unspecified atom stereocenters. The molecule has 208 valence electrons. The summed E-state index contributed by atoms with van der Waals surface area (Å²) in [7, 11) is 5.06. The third-order valence-corrected chi connectivity index (χ3v) is 7.42. The third-order valence-electron chi connectivity index (χ3n) is 6.64. The van der Waals surface area contributed by atoms with Gasteiger partial charge in [0.05, 0.1) is 19.9 Å². The lowest BCUT2D eigenvalue weighted by Gasteiger charge is -2.18. The fourth-order valence-corrected chi connectivity index (χ4v) is 5.12.